The van der Waals surface area contributed by atoms with Gasteiger partial charge in [0.15, 0.2) is 0 Å². The van der Waals surface area contributed by atoms with Crippen molar-refractivity contribution < 1.29 is 9.53 Å². The van der Waals surface area contributed by atoms with E-state index in [4.69, 9.17) is 4.74 Å². The number of rotatable bonds is 3. The van der Waals surface area contributed by atoms with Crippen molar-refractivity contribution in [2.24, 2.45) is 0 Å². The van der Waals surface area contributed by atoms with E-state index in [1.54, 1.807) is 0 Å². The molecule has 0 atom stereocenters. The van der Waals surface area contributed by atoms with E-state index in [1.807, 2.05) is 31.9 Å². The number of benzene rings is 1. The Morgan fingerprint density at radius 1 is 1.03 bits per heavy atom. The molecule has 0 saturated carbocycles. The van der Waals surface area contributed by atoms with Gasteiger partial charge in [-0.05, 0) is 52.3 Å². The molecule has 4 rings (SSSR count). The lowest BCUT2D eigenvalue weighted by atomic mass is 10.1. The molecule has 1 saturated heterocycles. The van der Waals surface area contributed by atoms with Gasteiger partial charge in [-0.15, -0.1) is 0 Å². The van der Waals surface area contributed by atoms with Crippen LogP contribution in [0.1, 0.15) is 32.0 Å². The van der Waals surface area contributed by atoms with Crippen molar-refractivity contribution in [1.29, 1.82) is 0 Å². The second kappa shape index (κ2) is 7.91. The van der Waals surface area contributed by atoms with Crippen molar-refractivity contribution in [3.05, 3.63) is 41.7 Å². The molecule has 0 N–H and O–H groups in total. The summed E-state index contributed by atoms with van der Waals surface area (Å²) in [5.74, 6) is 0. The first-order chi connectivity index (χ1) is 14.2. The number of aromatic nitrogens is 2. The fourth-order valence-corrected chi connectivity index (χ4v) is 4.28. The predicted molar refractivity (Wildman–Crippen MR) is 121 cm³/mol. The van der Waals surface area contributed by atoms with Gasteiger partial charge in [-0.25, -0.2) is 4.79 Å². The number of hydrogen-bond donors (Lipinski definition) is 0. The van der Waals surface area contributed by atoms with E-state index in [2.05, 4.69) is 52.6 Å². The molecule has 3 heterocycles. The quantitative estimate of drug-likeness (QED) is 0.646. The minimum absolute atomic E-state index is 0.207. The highest BCUT2D eigenvalue weighted by atomic mass is 16.6. The third-order valence-corrected chi connectivity index (χ3v) is 5.78. The van der Waals surface area contributed by atoms with E-state index in [1.165, 1.54) is 27.4 Å². The smallest absolute Gasteiger partial charge is 0.410 e. The van der Waals surface area contributed by atoms with E-state index >= 15 is 0 Å². The Morgan fingerprint density at radius 3 is 2.47 bits per heavy atom. The second-order valence-electron chi connectivity index (χ2n) is 9.27. The standard InChI is InChI=1S/C24H32N4O2/c1-17-6-7-19-20-8-9-25-18(2)22(20)28(21(19)16-17)15-12-26-10-13-27(14-11-26)23(29)30-24(3,4)5/h6-9,16H,10-15H2,1-5H3. The lowest BCUT2D eigenvalue weighted by Gasteiger charge is -2.35. The van der Waals surface area contributed by atoms with Gasteiger partial charge in [-0.3, -0.25) is 9.88 Å². The van der Waals surface area contributed by atoms with E-state index in [-0.39, 0.29) is 6.09 Å². The molecule has 30 heavy (non-hydrogen) atoms. The molecule has 1 aromatic carbocycles. The number of carbonyl (C=O) groups excluding carboxylic acids is 1. The first-order valence-corrected chi connectivity index (χ1v) is 10.8. The fraction of sp³-hybridized carbons (Fsp3) is 0.500. The molecule has 6 nitrogen and oxygen atoms in total. The lowest BCUT2D eigenvalue weighted by Crippen LogP contribution is -2.50. The van der Waals surface area contributed by atoms with Gasteiger partial charge in [0.2, 0.25) is 0 Å². The van der Waals surface area contributed by atoms with Crippen LogP contribution in [0.2, 0.25) is 0 Å². The van der Waals surface area contributed by atoms with Crippen LogP contribution < -0.4 is 0 Å². The van der Waals surface area contributed by atoms with Crippen LogP contribution in [0.15, 0.2) is 30.5 Å². The zero-order chi connectivity index (χ0) is 21.5. The van der Waals surface area contributed by atoms with Crippen molar-refractivity contribution in [1.82, 2.24) is 19.4 Å². The van der Waals surface area contributed by atoms with Crippen LogP contribution in [0.5, 0.6) is 0 Å². The highest BCUT2D eigenvalue weighted by Crippen LogP contribution is 2.31. The Hall–Kier alpha value is -2.60. The van der Waals surface area contributed by atoms with E-state index in [0.29, 0.717) is 13.1 Å². The maximum atomic E-state index is 12.3. The molecule has 0 aliphatic carbocycles. The molecule has 0 spiro atoms. The highest BCUT2D eigenvalue weighted by molar-refractivity contribution is 6.08. The Bertz CT molecular complexity index is 1070. The minimum atomic E-state index is -0.450. The molecule has 2 aromatic heterocycles. The molecule has 0 radical (unpaired) electrons. The Balaban J connectivity index is 1.48. The summed E-state index contributed by atoms with van der Waals surface area (Å²) in [5.41, 5.74) is 4.38. The van der Waals surface area contributed by atoms with Crippen LogP contribution in [0.25, 0.3) is 21.8 Å². The molecule has 1 amide bonds. The normalized spacial score (nSPS) is 15.8. The second-order valence-corrected chi connectivity index (χ2v) is 9.27. The first-order valence-electron chi connectivity index (χ1n) is 10.8. The molecular formula is C24H32N4O2. The number of fused-ring (bicyclic) bond motifs is 3. The molecule has 0 bridgehead atoms. The number of hydrogen-bond acceptors (Lipinski definition) is 4. The summed E-state index contributed by atoms with van der Waals surface area (Å²) >= 11 is 0. The first kappa shape index (κ1) is 20.7. The zero-order valence-electron chi connectivity index (χ0n) is 18.7. The van der Waals surface area contributed by atoms with Crippen LogP contribution in [0.4, 0.5) is 4.79 Å². The fourth-order valence-electron chi connectivity index (χ4n) is 4.28. The molecule has 3 aromatic rings. The summed E-state index contributed by atoms with van der Waals surface area (Å²) in [6.07, 6.45) is 1.69. The van der Waals surface area contributed by atoms with Gasteiger partial charge in [0.1, 0.15) is 5.60 Å². The Morgan fingerprint density at radius 2 is 1.77 bits per heavy atom. The van der Waals surface area contributed by atoms with Crippen LogP contribution in [-0.4, -0.2) is 63.8 Å². The maximum absolute atomic E-state index is 12.3. The number of aryl methyl sites for hydroxylation is 2. The number of carbonyl (C=O) groups is 1. The molecule has 1 aliphatic rings. The van der Waals surface area contributed by atoms with Gasteiger partial charge in [0.25, 0.3) is 0 Å². The van der Waals surface area contributed by atoms with Crippen LogP contribution >= 0.6 is 0 Å². The van der Waals surface area contributed by atoms with Crippen molar-refractivity contribution >= 4 is 27.9 Å². The predicted octanol–water partition coefficient (Wildman–Crippen LogP) is 4.36. The number of amides is 1. The van der Waals surface area contributed by atoms with E-state index < -0.39 is 5.60 Å². The number of nitrogens with zero attached hydrogens (tertiary/aromatic N) is 4. The maximum Gasteiger partial charge on any atom is 0.410 e. The van der Waals surface area contributed by atoms with Gasteiger partial charge in [-0.2, -0.15) is 0 Å². The monoisotopic (exact) mass is 408 g/mol. The van der Waals surface area contributed by atoms with Gasteiger partial charge < -0.3 is 14.2 Å². The Kier molecular flexibility index (Phi) is 5.45. The van der Waals surface area contributed by atoms with Gasteiger partial charge in [0.05, 0.1) is 11.2 Å². The molecule has 1 aliphatic heterocycles. The third kappa shape index (κ3) is 4.15. The van der Waals surface area contributed by atoms with Crippen LogP contribution in [0.3, 0.4) is 0 Å². The summed E-state index contributed by atoms with van der Waals surface area (Å²) in [7, 11) is 0. The van der Waals surface area contributed by atoms with Crippen molar-refractivity contribution in [3.63, 3.8) is 0 Å². The topological polar surface area (TPSA) is 50.6 Å². The largest absolute Gasteiger partial charge is 0.444 e. The average molecular weight is 409 g/mol. The van der Waals surface area contributed by atoms with Crippen molar-refractivity contribution in [3.8, 4) is 0 Å². The summed E-state index contributed by atoms with van der Waals surface area (Å²) in [6, 6.07) is 8.80. The summed E-state index contributed by atoms with van der Waals surface area (Å²) in [4.78, 5) is 21.1. The summed E-state index contributed by atoms with van der Waals surface area (Å²) in [5, 5.41) is 2.56. The van der Waals surface area contributed by atoms with E-state index in [9.17, 15) is 4.79 Å². The number of pyridine rings is 1. The molecular weight excluding hydrogens is 376 g/mol. The van der Waals surface area contributed by atoms with Gasteiger partial charge >= 0.3 is 6.09 Å². The molecule has 160 valence electrons. The molecule has 1 fully saturated rings. The number of ether oxygens (including phenoxy) is 1. The SMILES string of the molecule is Cc1ccc2c3ccnc(C)c3n(CCN3CCN(C(=O)OC(C)(C)C)CC3)c2c1. The summed E-state index contributed by atoms with van der Waals surface area (Å²) in [6.45, 7) is 15.0. The zero-order valence-corrected chi connectivity index (χ0v) is 18.7. The molecule has 0 unspecified atom stereocenters. The molecule has 6 heteroatoms. The highest BCUT2D eigenvalue weighted by Gasteiger charge is 2.26. The van der Waals surface area contributed by atoms with Gasteiger partial charge in [0, 0.05) is 61.8 Å². The van der Waals surface area contributed by atoms with Gasteiger partial charge in [-0.1, -0.05) is 12.1 Å². The number of piperazine rings is 1. The van der Waals surface area contributed by atoms with E-state index in [0.717, 1.165) is 31.9 Å². The third-order valence-electron chi connectivity index (χ3n) is 5.78. The minimum Gasteiger partial charge on any atom is -0.444 e. The van der Waals surface area contributed by atoms with Crippen LogP contribution in [0, 0.1) is 13.8 Å². The van der Waals surface area contributed by atoms with Crippen LogP contribution in [-0.2, 0) is 11.3 Å². The summed E-state index contributed by atoms with van der Waals surface area (Å²) < 4.78 is 7.93. The lowest BCUT2D eigenvalue weighted by molar-refractivity contribution is 0.0143. The van der Waals surface area contributed by atoms with Crippen molar-refractivity contribution in [2.45, 2.75) is 46.8 Å². The Labute approximate surface area is 178 Å². The van der Waals surface area contributed by atoms with Crippen molar-refractivity contribution in [2.75, 3.05) is 32.7 Å². The average Bonchev–Trinajstić information content (AvgIpc) is 2.99.